The Bertz CT molecular complexity index is 383. The van der Waals surface area contributed by atoms with E-state index in [9.17, 15) is 0 Å². The van der Waals surface area contributed by atoms with E-state index in [2.05, 4.69) is 47.7 Å². The van der Waals surface area contributed by atoms with Gasteiger partial charge in [0.2, 0.25) is 0 Å². The lowest BCUT2D eigenvalue weighted by Gasteiger charge is -2.31. The largest absolute Gasteiger partial charge is 0.312 e. The normalized spacial score (nSPS) is 22.0. The van der Waals surface area contributed by atoms with E-state index in [0.717, 1.165) is 32.7 Å². The van der Waals surface area contributed by atoms with Gasteiger partial charge >= 0.3 is 0 Å². The fourth-order valence-corrected chi connectivity index (χ4v) is 2.65. The van der Waals surface area contributed by atoms with Crippen LogP contribution in [0.25, 0.3) is 0 Å². The van der Waals surface area contributed by atoms with Gasteiger partial charge in [-0.05, 0) is 27.7 Å². The van der Waals surface area contributed by atoms with Gasteiger partial charge in [0.15, 0.2) is 0 Å². The molecule has 0 bridgehead atoms. The lowest BCUT2D eigenvalue weighted by Crippen LogP contribution is -2.48. The lowest BCUT2D eigenvalue weighted by molar-refractivity contribution is 0.199. The molecule has 17 heavy (non-hydrogen) atoms. The quantitative estimate of drug-likeness (QED) is 0.859. The zero-order valence-electron chi connectivity index (χ0n) is 11.5. The summed E-state index contributed by atoms with van der Waals surface area (Å²) in [5.41, 5.74) is 3.94. The monoisotopic (exact) mass is 236 g/mol. The molecule has 1 aliphatic heterocycles. The van der Waals surface area contributed by atoms with Crippen LogP contribution in [0.3, 0.4) is 0 Å². The summed E-state index contributed by atoms with van der Waals surface area (Å²) in [6.45, 7) is 14.1. The van der Waals surface area contributed by atoms with Gasteiger partial charge in [0.1, 0.15) is 0 Å². The second-order valence-corrected chi connectivity index (χ2v) is 5.06. The molecule has 1 saturated heterocycles. The fourth-order valence-electron chi connectivity index (χ4n) is 2.65. The highest BCUT2D eigenvalue weighted by atomic mass is 15.3. The Balaban J connectivity index is 2.10. The molecule has 1 atom stereocenters. The number of hydrogen-bond acceptors (Lipinski definition) is 3. The Hall–Kier alpha value is -0.870. The molecule has 0 amide bonds. The smallest absolute Gasteiger partial charge is 0.0641 e. The van der Waals surface area contributed by atoms with Crippen molar-refractivity contribution in [1.82, 2.24) is 20.0 Å². The highest BCUT2D eigenvalue weighted by Gasteiger charge is 2.19. The Labute approximate surface area is 104 Å². The number of rotatable bonds is 3. The maximum absolute atomic E-state index is 4.59. The number of hydrogen-bond donors (Lipinski definition) is 1. The highest BCUT2D eigenvalue weighted by Crippen LogP contribution is 2.16. The molecular weight excluding hydrogens is 212 g/mol. The van der Waals surface area contributed by atoms with Crippen LogP contribution in [-0.4, -0.2) is 40.4 Å². The van der Waals surface area contributed by atoms with Crippen molar-refractivity contribution < 1.29 is 0 Å². The van der Waals surface area contributed by atoms with Crippen LogP contribution in [0, 0.1) is 13.8 Å². The zero-order valence-corrected chi connectivity index (χ0v) is 11.5. The number of aromatic nitrogens is 2. The van der Waals surface area contributed by atoms with E-state index >= 15 is 0 Å². The summed E-state index contributed by atoms with van der Waals surface area (Å²) in [5, 5.41) is 8.07. The number of aryl methyl sites for hydroxylation is 2. The van der Waals surface area contributed by atoms with Crippen molar-refractivity contribution in [2.24, 2.45) is 0 Å². The van der Waals surface area contributed by atoms with Crippen LogP contribution in [0.15, 0.2) is 0 Å². The summed E-state index contributed by atoms with van der Waals surface area (Å²) in [6.07, 6.45) is 0. The fraction of sp³-hybridized carbons (Fsp3) is 0.769. The predicted molar refractivity (Wildman–Crippen MR) is 70.1 cm³/mol. The molecule has 0 spiro atoms. The third kappa shape index (κ3) is 2.69. The molecule has 1 fully saturated rings. The number of nitrogens with zero attached hydrogens (tertiary/aromatic N) is 3. The van der Waals surface area contributed by atoms with Crippen LogP contribution in [0.2, 0.25) is 0 Å². The topological polar surface area (TPSA) is 33.1 Å². The molecule has 96 valence electrons. The van der Waals surface area contributed by atoms with E-state index in [0.29, 0.717) is 6.04 Å². The minimum atomic E-state index is 0.602. The van der Waals surface area contributed by atoms with E-state index in [1.54, 1.807) is 0 Å². The molecular formula is C13H24N4. The van der Waals surface area contributed by atoms with E-state index in [-0.39, 0.29) is 0 Å². The summed E-state index contributed by atoms with van der Waals surface area (Å²) < 4.78 is 2.11. The predicted octanol–water partition coefficient (Wildman–Crippen LogP) is 1.31. The van der Waals surface area contributed by atoms with Crippen molar-refractivity contribution in [1.29, 1.82) is 0 Å². The van der Waals surface area contributed by atoms with Gasteiger partial charge in [-0.15, -0.1) is 0 Å². The van der Waals surface area contributed by atoms with E-state index in [4.69, 9.17) is 0 Å². The minimum Gasteiger partial charge on any atom is -0.312 e. The van der Waals surface area contributed by atoms with Crippen LogP contribution >= 0.6 is 0 Å². The summed E-state index contributed by atoms with van der Waals surface area (Å²) in [7, 11) is 0. The summed E-state index contributed by atoms with van der Waals surface area (Å²) in [5.74, 6) is 0. The molecule has 0 aliphatic carbocycles. The van der Waals surface area contributed by atoms with Crippen LogP contribution < -0.4 is 5.32 Å². The van der Waals surface area contributed by atoms with E-state index in [1.165, 1.54) is 17.0 Å². The van der Waals surface area contributed by atoms with Crippen LogP contribution in [0.5, 0.6) is 0 Å². The van der Waals surface area contributed by atoms with Gasteiger partial charge in [-0.2, -0.15) is 5.10 Å². The first-order valence-corrected chi connectivity index (χ1v) is 6.60. The van der Waals surface area contributed by atoms with Crippen molar-refractivity contribution in [3.8, 4) is 0 Å². The summed E-state index contributed by atoms with van der Waals surface area (Å²) in [4.78, 5) is 2.53. The van der Waals surface area contributed by atoms with Crippen LogP contribution in [0.1, 0.15) is 30.8 Å². The molecule has 1 aliphatic rings. The van der Waals surface area contributed by atoms with Gasteiger partial charge in [0.05, 0.1) is 5.69 Å². The van der Waals surface area contributed by atoms with Gasteiger partial charge in [-0.1, -0.05) is 0 Å². The van der Waals surface area contributed by atoms with Gasteiger partial charge in [0.25, 0.3) is 0 Å². The lowest BCUT2D eigenvalue weighted by atomic mass is 10.1. The Morgan fingerprint density at radius 3 is 2.76 bits per heavy atom. The molecule has 1 aromatic heterocycles. The van der Waals surface area contributed by atoms with Crippen molar-refractivity contribution >= 4 is 0 Å². The maximum atomic E-state index is 4.59. The third-order valence-electron chi connectivity index (χ3n) is 3.67. The average molecular weight is 236 g/mol. The molecule has 0 saturated carbocycles. The third-order valence-corrected chi connectivity index (χ3v) is 3.67. The van der Waals surface area contributed by atoms with E-state index in [1.807, 2.05) is 0 Å². The molecule has 1 aromatic rings. The zero-order chi connectivity index (χ0) is 12.4. The van der Waals surface area contributed by atoms with Crippen LogP contribution in [0.4, 0.5) is 0 Å². The molecule has 0 radical (unpaired) electrons. The van der Waals surface area contributed by atoms with Crippen molar-refractivity contribution in [3.63, 3.8) is 0 Å². The van der Waals surface area contributed by atoms with Gasteiger partial charge < -0.3 is 5.32 Å². The average Bonchev–Trinajstić information content (AvgIpc) is 2.56. The van der Waals surface area contributed by atoms with Gasteiger partial charge in [-0.3, -0.25) is 9.58 Å². The van der Waals surface area contributed by atoms with Crippen molar-refractivity contribution in [3.05, 3.63) is 17.0 Å². The van der Waals surface area contributed by atoms with E-state index < -0.39 is 0 Å². The SMILES string of the molecule is CCn1nc(C)c(CN2CCNC(C)C2)c1C. The Morgan fingerprint density at radius 1 is 1.41 bits per heavy atom. The first-order valence-electron chi connectivity index (χ1n) is 6.60. The Morgan fingerprint density at radius 2 is 2.18 bits per heavy atom. The standard InChI is InChI=1S/C13H24N4/c1-5-17-12(4)13(11(3)15-17)9-16-7-6-14-10(2)8-16/h10,14H,5-9H2,1-4H3. The maximum Gasteiger partial charge on any atom is 0.0641 e. The van der Waals surface area contributed by atoms with Crippen molar-refractivity contribution in [2.75, 3.05) is 19.6 Å². The van der Waals surface area contributed by atoms with Gasteiger partial charge in [-0.25, -0.2) is 0 Å². The summed E-state index contributed by atoms with van der Waals surface area (Å²) >= 11 is 0. The minimum absolute atomic E-state index is 0.602. The molecule has 2 rings (SSSR count). The second-order valence-electron chi connectivity index (χ2n) is 5.06. The molecule has 2 heterocycles. The highest BCUT2D eigenvalue weighted by molar-refractivity contribution is 5.24. The second kappa shape index (κ2) is 5.19. The molecule has 4 heteroatoms. The van der Waals surface area contributed by atoms with Gasteiger partial charge in [0, 0.05) is 50.0 Å². The molecule has 1 N–H and O–H groups in total. The first-order chi connectivity index (χ1) is 8.11. The van der Waals surface area contributed by atoms with Crippen LogP contribution in [-0.2, 0) is 13.1 Å². The summed E-state index contributed by atoms with van der Waals surface area (Å²) in [6, 6.07) is 0.602. The van der Waals surface area contributed by atoms with Crippen molar-refractivity contribution in [2.45, 2.75) is 46.8 Å². The first kappa shape index (κ1) is 12.6. The molecule has 4 nitrogen and oxygen atoms in total. The number of nitrogens with one attached hydrogen (secondary N) is 1. The Kier molecular flexibility index (Phi) is 3.84. The number of piperazine rings is 1. The molecule has 1 unspecified atom stereocenters. The molecule has 0 aromatic carbocycles.